The number of benzene rings is 1. The number of allylic oxidation sites excluding steroid dienone is 3. The number of hydrogen-bond donors (Lipinski definition) is 2. The molecule has 7 rings (SSSR count). The molecule has 7 nitrogen and oxygen atoms in total. The standard InChI is InChI=1S/C44H64N2O5S/c1-29(2)32-15-20-44(39(49)45-23-8-24-46-25-27-52(50,51)28-26-46)22-21-42(6)34(37(32)44)13-14-36-41(5)18-16-33(30-9-11-31(12-10-30)38(47)48)40(3,4)35(41)17-19-43(36,42)7/h9-12,16,32,34-37H,1,8,13-15,17-28H2,2-7H3,(H,45,49)(H,47,48)/t32-,34+,35-,36+,37+,41-,42+,43+,44-/m0/s1. The van der Waals surface area contributed by atoms with Crippen LogP contribution >= 0.6 is 0 Å². The van der Waals surface area contributed by atoms with Gasteiger partial charge in [0.25, 0.3) is 0 Å². The fourth-order valence-electron chi connectivity index (χ4n) is 14.1. The van der Waals surface area contributed by atoms with Gasteiger partial charge in [-0.3, -0.25) is 4.79 Å². The molecule has 5 fully saturated rings. The van der Waals surface area contributed by atoms with Crippen LogP contribution in [-0.2, 0) is 14.6 Å². The summed E-state index contributed by atoms with van der Waals surface area (Å²) in [4.78, 5) is 28.3. The number of carboxylic acids is 1. The second kappa shape index (κ2) is 13.1. The minimum absolute atomic E-state index is 0.0289. The molecule has 286 valence electrons. The van der Waals surface area contributed by atoms with Gasteiger partial charge in [-0.2, -0.15) is 0 Å². The summed E-state index contributed by atoms with van der Waals surface area (Å²) in [5, 5.41) is 12.9. The maximum atomic E-state index is 14.5. The highest BCUT2D eigenvalue weighted by Crippen LogP contribution is 2.77. The molecule has 0 aromatic heterocycles. The van der Waals surface area contributed by atoms with Crippen molar-refractivity contribution in [1.82, 2.24) is 10.2 Å². The van der Waals surface area contributed by atoms with Crippen LogP contribution < -0.4 is 5.32 Å². The monoisotopic (exact) mass is 732 g/mol. The molecule has 8 heteroatoms. The normalized spacial score (nSPS) is 40.7. The average Bonchev–Trinajstić information content (AvgIpc) is 3.49. The van der Waals surface area contributed by atoms with Gasteiger partial charge in [-0.05, 0) is 152 Å². The molecule has 1 aliphatic heterocycles. The number of fused-ring (bicyclic) bond motifs is 7. The number of nitrogens with zero attached hydrogens (tertiary/aromatic N) is 1. The van der Waals surface area contributed by atoms with Crippen LogP contribution in [0, 0.1) is 56.7 Å². The number of amides is 1. The Labute approximate surface area is 313 Å². The zero-order valence-electron chi connectivity index (χ0n) is 32.7. The van der Waals surface area contributed by atoms with Gasteiger partial charge < -0.3 is 15.3 Å². The van der Waals surface area contributed by atoms with Gasteiger partial charge in [0, 0.05) is 19.6 Å². The summed E-state index contributed by atoms with van der Waals surface area (Å²) in [6.07, 6.45) is 13.2. The van der Waals surface area contributed by atoms with Crippen LogP contribution in [0.3, 0.4) is 0 Å². The molecule has 1 aromatic rings. The first-order chi connectivity index (χ1) is 24.4. The molecular weight excluding hydrogens is 669 g/mol. The second-order valence-electron chi connectivity index (χ2n) is 19.4. The van der Waals surface area contributed by atoms with Crippen LogP contribution in [0.2, 0.25) is 0 Å². The van der Waals surface area contributed by atoms with Gasteiger partial charge in [-0.15, -0.1) is 0 Å². The number of carboxylic acid groups (broad SMARTS) is 1. The average molecular weight is 733 g/mol. The molecule has 0 bridgehead atoms. The van der Waals surface area contributed by atoms with Crippen molar-refractivity contribution < 1.29 is 23.1 Å². The van der Waals surface area contributed by atoms with Crippen molar-refractivity contribution in [2.45, 2.75) is 106 Å². The first-order valence-electron chi connectivity index (χ1n) is 20.3. The summed E-state index contributed by atoms with van der Waals surface area (Å²) in [5.74, 6) is 2.19. The fourth-order valence-corrected chi connectivity index (χ4v) is 15.4. The van der Waals surface area contributed by atoms with E-state index in [0.29, 0.717) is 54.8 Å². The largest absolute Gasteiger partial charge is 0.478 e. The molecule has 9 atom stereocenters. The quantitative estimate of drug-likeness (QED) is 0.206. The molecule has 52 heavy (non-hydrogen) atoms. The van der Waals surface area contributed by atoms with E-state index in [1.54, 1.807) is 12.1 Å². The Morgan fingerprint density at radius 2 is 1.60 bits per heavy atom. The predicted octanol–water partition coefficient (Wildman–Crippen LogP) is 8.27. The van der Waals surface area contributed by atoms with Gasteiger partial charge >= 0.3 is 5.97 Å². The van der Waals surface area contributed by atoms with Crippen LogP contribution in [0.4, 0.5) is 0 Å². The topological polar surface area (TPSA) is 104 Å². The first kappa shape index (κ1) is 37.8. The molecule has 2 N–H and O–H groups in total. The van der Waals surface area contributed by atoms with Crippen molar-refractivity contribution in [1.29, 1.82) is 0 Å². The van der Waals surface area contributed by atoms with Crippen LogP contribution in [0.1, 0.15) is 122 Å². The van der Waals surface area contributed by atoms with E-state index in [9.17, 15) is 23.1 Å². The Morgan fingerprint density at radius 3 is 2.25 bits per heavy atom. The molecule has 6 aliphatic rings. The van der Waals surface area contributed by atoms with Gasteiger partial charge in [0.2, 0.25) is 5.91 Å². The van der Waals surface area contributed by atoms with E-state index in [2.05, 4.69) is 64.4 Å². The zero-order valence-corrected chi connectivity index (χ0v) is 33.5. The predicted molar refractivity (Wildman–Crippen MR) is 208 cm³/mol. The van der Waals surface area contributed by atoms with E-state index in [0.717, 1.165) is 50.6 Å². The molecular formula is C44H64N2O5S. The van der Waals surface area contributed by atoms with Crippen LogP contribution in [0.25, 0.3) is 5.57 Å². The van der Waals surface area contributed by atoms with Crippen LogP contribution in [0.5, 0.6) is 0 Å². The van der Waals surface area contributed by atoms with Gasteiger partial charge in [-0.25, -0.2) is 13.2 Å². The summed E-state index contributed by atoms with van der Waals surface area (Å²) < 4.78 is 23.7. The van der Waals surface area contributed by atoms with Gasteiger partial charge in [0.05, 0.1) is 22.5 Å². The third kappa shape index (κ3) is 5.78. The number of rotatable bonds is 8. The van der Waals surface area contributed by atoms with E-state index in [-0.39, 0.29) is 44.5 Å². The summed E-state index contributed by atoms with van der Waals surface area (Å²) in [6, 6.07) is 7.51. The van der Waals surface area contributed by atoms with Crippen molar-refractivity contribution >= 4 is 27.3 Å². The van der Waals surface area contributed by atoms with E-state index in [1.165, 1.54) is 36.8 Å². The molecule has 1 aromatic carbocycles. The highest BCUT2D eigenvalue weighted by molar-refractivity contribution is 7.91. The third-order valence-corrected chi connectivity index (χ3v) is 18.5. The van der Waals surface area contributed by atoms with Crippen molar-refractivity contribution in [2.24, 2.45) is 56.7 Å². The lowest BCUT2D eigenvalue weighted by Crippen LogP contribution is -2.66. The Kier molecular flexibility index (Phi) is 9.53. The van der Waals surface area contributed by atoms with E-state index < -0.39 is 15.8 Å². The molecule has 0 unspecified atom stereocenters. The molecule has 1 saturated heterocycles. The van der Waals surface area contributed by atoms with Crippen LogP contribution in [-0.4, -0.2) is 68.0 Å². The third-order valence-electron chi connectivity index (χ3n) is 16.9. The van der Waals surface area contributed by atoms with Crippen molar-refractivity contribution in [2.75, 3.05) is 37.7 Å². The van der Waals surface area contributed by atoms with Gasteiger partial charge in [-0.1, -0.05) is 65.0 Å². The Bertz CT molecular complexity index is 1740. The van der Waals surface area contributed by atoms with Crippen molar-refractivity contribution in [3.8, 4) is 0 Å². The fraction of sp³-hybridized carbons (Fsp3) is 0.727. The number of hydrogen-bond acceptors (Lipinski definition) is 5. The van der Waals surface area contributed by atoms with Crippen molar-refractivity contribution in [3.63, 3.8) is 0 Å². The smallest absolute Gasteiger partial charge is 0.335 e. The lowest BCUT2D eigenvalue weighted by molar-refractivity contribution is -0.225. The highest BCUT2D eigenvalue weighted by Gasteiger charge is 2.71. The number of carbonyl (C=O) groups excluding carboxylic acids is 1. The number of carbonyl (C=O) groups is 2. The van der Waals surface area contributed by atoms with Crippen LogP contribution in [0.15, 0.2) is 42.5 Å². The maximum Gasteiger partial charge on any atom is 0.335 e. The minimum Gasteiger partial charge on any atom is -0.478 e. The van der Waals surface area contributed by atoms with Gasteiger partial charge in [0.15, 0.2) is 9.84 Å². The molecule has 1 heterocycles. The second-order valence-corrected chi connectivity index (χ2v) is 21.7. The number of aromatic carboxylic acids is 1. The lowest BCUT2D eigenvalue weighted by Gasteiger charge is -2.72. The number of nitrogens with one attached hydrogen (secondary N) is 1. The maximum absolute atomic E-state index is 14.5. The highest BCUT2D eigenvalue weighted by atomic mass is 32.2. The van der Waals surface area contributed by atoms with E-state index in [1.807, 2.05) is 12.1 Å². The molecule has 0 radical (unpaired) electrons. The Hall–Kier alpha value is -2.45. The zero-order chi connectivity index (χ0) is 37.5. The molecule has 4 saturated carbocycles. The minimum atomic E-state index is -2.89. The van der Waals surface area contributed by atoms with E-state index >= 15 is 0 Å². The summed E-state index contributed by atoms with van der Waals surface area (Å²) in [6.45, 7) is 22.1. The summed E-state index contributed by atoms with van der Waals surface area (Å²) in [5.41, 5.74) is 4.22. The Balaban J connectivity index is 1.11. The molecule has 5 aliphatic carbocycles. The summed E-state index contributed by atoms with van der Waals surface area (Å²) >= 11 is 0. The summed E-state index contributed by atoms with van der Waals surface area (Å²) in [7, 11) is -2.89. The number of sulfone groups is 1. The lowest BCUT2D eigenvalue weighted by atomic mass is 9.32. The SMILES string of the molecule is C=C(C)[C@@H]1CC[C@]2(C(=O)NCCCN3CCS(=O)(=O)CC3)CC[C@]3(C)[C@H](CC[C@@H]4[C@@]5(C)CC=C(c6ccc(C(=O)O)cc6)C(C)(C)[C@@H]5CC[C@]43C)[C@@H]12. The van der Waals surface area contributed by atoms with E-state index in [4.69, 9.17) is 0 Å². The van der Waals surface area contributed by atoms with Gasteiger partial charge in [0.1, 0.15) is 0 Å². The first-order valence-corrected chi connectivity index (χ1v) is 22.1. The van der Waals surface area contributed by atoms with Crippen molar-refractivity contribution in [3.05, 3.63) is 53.6 Å². The molecule has 0 spiro atoms. The molecule has 1 amide bonds. The Morgan fingerprint density at radius 1 is 0.904 bits per heavy atom.